The predicted molar refractivity (Wildman–Crippen MR) is 125 cm³/mol. The number of para-hydroxylation sites is 1. The van der Waals surface area contributed by atoms with Crippen molar-refractivity contribution in [1.29, 1.82) is 0 Å². The molecule has 1 N–H and O–H groups in total. The molecule has 0 spiro atoms. The minimum absolute atomic E-state index is 0.00204. The highest BCUT2D eigenvalue weighted by atomic mass is 16.5. The maximum atomic E-state index is 13.5. The van der Waals surface area contributed by atoms with Gasteiger partial charge in [0.2, 0.25) is 0 Å². The van der Waals surface area contributed by atoms with Crippen LogP contribution < -0.4 is 9.47 Å². The first kappa shape index (κ1) is 23.4. The number of hydrogen-bond donors (Lipinski definition) is 1. The molecule has 33 heavy (non-hydrogen) atoms. The number of rotatable bonds is 7. The number of carbonyl (C=O) groups excluding carboxylic acids is 1. The summed E-state index contributed by atoms with van der Waals surface area (Å²) in [6, 6.07) is 13.2. The van der Waals surface area contributed by atoms with Crippen molar-refractivity contribution in [3.63, 3.8) is 0 Å². The molecule has 1 atom stereocenters. The number of fused-ring (bicyclic) bond motifs is 1. The van der Waals surface area contributed by atoms with Crippen molar-refractivity contribution in [2.45, 2.75) is 39.5 Å². The molecule has 0 radical (unpaired) electrons. The van der Waals surface area contributed by atoms with Crippen molar-refractivity contribution in [3.8, 4) is 17.2 Å². The van der Waals surface area contributed by atoms with E-state index in [4.69, 9.17) is 14.2 Å². The molecule has 1 fully saturated rings. The number of nitrogens with zero attached hydrogens (tertiary/aromatic N) is 2. The van der Waals surface area contributed by atoms with E-state index in [1.165, 1.54) is 0 Å². The molecule has 0 aromatic heterocycles. The first-order chi connectivity index (χ1) is 16.0. The summed E-state index contributed by atoms with van der Waals surface area (Å²) in [5, 5.41) is 10.1. The smallest absolute Gasteiger partial charge is 0.253 e. The fourth-order valence-electron chi connectivity index (χ4n) is 4.28. The van der Waals surface area contributed by atoms with Crippen molar-refractivity contribution in [2.75, 3.05) is 39.5 Å². The third kappa shape index (κ3) is 6.18. The molecule has 1 amide bonds. The molecule has 1 unspecified atom stereocenters. The van der Waals surface area contributed by atoms with Gasteiger partial charge in [-0.1, -0.05) is 38.1 Å². The second-order valence-electron chi connectivity index (χ2n) is 9.17. The highest BCUT2D eigenvalue weighted by molar-refractivity contribution is 5.81. The first-order valence-electron chi connectivity index (χ1n) is 11.8. The van der Waals surface area contributed by atoms with Gasteiger partial charge in [0.1, 0.15) is 11.9 Å². The second kappa shape index (κ2) is 10.9. The number of amides is 1. The molecule has 0 saturated carbocycles. The lowest BCUT2D eigenvalue weighted by molar-refractivity contribution is -0.151. The molecule has 2 aliphatic rings. The Labute approximate surface area is 195 Å². The van der Waals surface area contributed by atoms with Crippen LogP contribution in [0.4, 0.5) is 0 Å². The number of phenols is 1. The highest BCUT2D eigenvalue weighted by Crippen LogP contribution is 2.31. The Morgan fingerprint density at radius 2 is 1.91 bits per heavy atom. The summed E-state index contributed by atoms with van der Waals surface area (Å²) in [7, 11) is 0. The molecule has 178 valence electrons. The Kier molecular flexibility index (Phi) is 7.73. The molecular formula is C26H34N2O5. The van der Waals surface area contributed by atoms with Crippen molar-refractivity contribution < 1.29 is 24.1 Å². The Balaban J connectivity index is 1.44. The van der Waals surface area contributed by atoms with Gasteiger partial charge in [-0.25, -0.2) is 0 Å². The van der Waals surface area contributed by atoms with Crippen molar-refractivity contribution in [2.24, 2.45) is 5.92 Å². The lowest BCUT2D eigenvalue weighted by atomic mass is 10.1. The summed E-state index contributed by atoms with van der Waals surface area (Å²) in [6.45, 7) is 8.96. The fourth-order valence-corrected chi connectivity index (χ4v) is 4.28. The lowest BCUT2D eigenvalue weighted by Crippen LogP contribution is -2.51. The Morgan fingerprint density at radius 1 is 1.12 bits per heavy atom. The van der Waals surface area contributed by atoms with E-state index in [-0.39, 0.29) is 11.7 Å². The quantitative estimate of drug-likeness (QED) is 0.691. The average Bonchev–Trinajstić information content (AvgIpc) is 3.05. The minimum atomic E-state index is -0.524. The predicted octanol–water partition coefficient (Wildman–Crippen LogP) is 3.44. The molecule has 7 heteroatoms. The zero-order chi connectivity index (χ0) is 23.2. The number of aromatic hydroxyl groups is 1. The van der Waals surface area contributed by atoms with E-state index < -0.39 is 6.10 Å². The molecule has 0 aliphatic carbocycles. The maximum absolute atomic E-state index is 13.5. The molecule has 7 nitrogen and oxygen atoms in total. The van der Waals surface area contributed by atoms with Gasteiger partial charge in [0.25, 0.3) is 5.91 Å². The number of phenolic OH excluding ortho intramolecular Hbond substituents is 1. The van der Waals surface area contributed by atoms with Gasteiger partial charge >= 0.3 is 0 Å². The van der Waals surface area contributed by atoms with Crippen molar-refractivity contribution in [3.05, 3.63) is 53.6 Å². The van der Waals surface area contributed by atoms with Gasteiger partial charge in [-0.2, -0.15) is 0 Å². The number of hydrogen-bond acceptors (Lipinski definition) is 6. The second-order valence-corrected chi connectivity index (χ2v) is 9.17. The van der Waals surface area contributed by atoms with Gasteiger partial charge in [-0.3, -0.25) is 9.69 Å². The maximum Gasteiger partial charge on any atom is 0.253 e. The van der Waals surface area contributed by atoms with E-state index in [0.717, 1.165) is 35.6 Å². The summed E-state index contributed by atoms with van der Waals surface area (Å²) in [6.07, 6.45) is 0.335. The van der Waals surface area contributed by atoms with Crippen molar-refractivity contribution in [1.82, 2.24) is 9.80 Å². The number of benzene rings is 2. The van der Waals surface area contributed by atoms with Crippen LogP contribution in [0.25, 0.3) is 0 Å². The molecule has 2 heterocycles. The summed E-state index contributed by atoms with van der Waals surface area (Å²) >= 11 is 0. The minimum Gasteiger partial charge on any atom is -0.508 e. The van der Waals surface area contributed by atoms with Crippen LogP contribution in [-0.2, 0) is 22.6 Å². The third-order valence-electron chi connectivity index (χ3n) is 5.89. The fraction of sp³-hybridized carbons (Fsp3) is 0.500. The van der Waals surface area contributed by atoms with E-state index >= 15 is 0 Å². The first-order valence-corrected chi connectivity index (χ1v) is 11.8. The molecule has 2 aliphatic heterocycles. The summed E-state index contributed by atoms with van der Waals surface area (Å²) in [5.41, 5.74) is 1.87. The Bertz CT molecular complexity index is 948. The third-order valence-corrected chi connectivity index (χ3v) is 5.89. The standard InChI is InChI=1S/C26H34N2O5/c1-19(2)15-28(16-20-8-9-23-24(14-20)32-12-5-11-31-23)26(30)25-18-27(10-13-33-25)17-21-6-3-4-7-22(21)29/h3-4,6-9,14,19,25,29H,5,10-13,15-18H2,1-2H3. The van der Waals surface area contributed by atoms with Crippen LogP contribution in [0.5, 0.6) is 17.2 Å². The van der Waals surface area contributed by atoms with Crippen LogP contribution in [0.1, 0.15) is 31.4 Å². The number of ether oxygens (including phenoxy) is 3. The van der Waals surface area contributed by atoms with E-state index in [1.807, 2.05) is 41.3 Å². The van der Waals surface area contributed by atoms with Crippen LogP contribution in [-0.4, -0.2) is 66.4 Å². The normalized spacial score (nSPS) is 18.7. The van der Waals surface area contributed by atoms with Gasteiger partial charge in [-0.15, -0.1) is 0 Å². The Hall–Kier alpha value is -2.77. The summed E-state index contributed by atoms with van der Waals surface area (Å²) in [5.74, 6) is 2.11. The van der Waals surface area contributed by atoms with Crippen LogP contribution in [0.15, 0.2) is 42.5 Å². The molecule has 2 aromatic carbocycles. The molecule has 0 bridgehead atoms. The number of morpholine rings is 1. The Morgan fingerprint density at radius 3 is 2.70 bits per heavy atom. The van der Waals surface area contributed by atoms with Gasteiger partial charge in [-0.05, 0) is 29.7 Å². The molecule has 4 rings (SSSR count). The van der Waals surface area contributed by atoms with E-state index in [9.17, 15) is 9.90 Å². The topological polar surface area (TPSA) is 71.5 Å². The van der Waals surface area contributed by atoms with E-state index in [1.54, 1.807) is 6.07 Å². The van der Waals surface area contributed by atoms with E-state index in [0.29, 0.717) is 51.9 Å². The van der Waals surface area contributed by atoms with Crippen LogP contribution in [0.3, 0.4) is 0 Å². The highest BCUT2D eigenvalue weighted by Gasteiger charge is 2.31. The summed E-state index contributed by atoms with van der Waals surface area (Å²) < 4.78 is 17.5. The SMILES string of the molecule is CC(C)CN(Cc1ccc2c(c1)OCCCO2)C(=O)C1CN(Cc2ccccc2O)CCO1. The largest absolute Gasteiger partial charge is 0.508 e. The van der Waals surface area contributed by atoms with Crippen LogP contribution in [0, 0.1) is 5.92 Å². The summed E-state index contributed by atoms with van der Waals surface area (Å²) in [4.78, 5) is 17.6. The van der Waals surface area contributed by atoms with Gasteiger partial charge in [0.05, 0.1) is 19.8 Å². The average molecular weight is 455 g/mol. The number of carbonyl (C=O) groups is 1. The van der Waals surface area contributed by atoms with Crippen molar-refractivity contribution >= 4 is 5.91 Å². The zero-order valence-corrected chi connectivity index (χ0v) is 19.5. The van der Waals surface area contributed by atoms with Gasteiger partial charge < -0.3 is 24.2 Å². The molecule has 1 saturated heterocycles. The van der Waals surface area contributed by atoms with E-state index in [2.05, 4.69) is 18.7 Å². The molecular weight excluding hydrogens is 420 g/mol. The van der Waals surface area contributed by atoms with Gasteiger partial charge in [0.15, 0.2) is 11.5 Å². The van der Waals surface area contributed by atoms with Gasteiger partial charge in [0, 0.05) is 44.7 Å². The lowest BCUT2D eigenvalue weighted by Gasteiger charge is -2.35. The zero-order valence-electron chi connectivity index (χ0n) is 19.5. The monoisotopic (exact) mass is 454 g/mol. The van der Waals surface area contributed by atoms with Crippen LogP contribution >= 0.6 is 0 Å². The molecule has 2 aromatic rings. The van der Waals surface area contributed by atoms with Crippen LogP contribution in [0.2, 0.25) is 0 Å².